The third-order valence-corrected chi connectivity index (χ3v) is 4.36. The molecule has 0 saturated carbocycles. The van der Waals surface area contributed by atoms with Gasteiger partial charge in [0.25, 0.3) is 5.91 Å². The summed E-state index contributed by atoms with van der Waals surface area (Å²) < 4.78 is 22.5. The summed E-state index contributed by atoms with van der Waals surface area (Å²) in [6.07, 6.45) is 0.758. The summed E-state index contributed by atoms with van der Waals surface area (Å²) in [4.78, 5) is 12.2. The molecule has 1 amide bonds. The number of nitrogens with zero attached hydrogens (tertiary/aromatic N) is 1. The van der Waals surface area contributed by atoms with Crippen molar-refractivity contribution in [2.75, 3.05) is 13.4 Å². The van der Waals surface area contributed by atoms with E-state index in [1.807, 2.05) is 12.1 Å². The minimum absolute atomic E-state index is 0.131. The number of halogens is 1. The van der Waals surface area contributed by atoms with Crippen LogP contribution in [0.2, 0.25) is 0 Å². The van der Waals surface area contributed by atoms with Gasteiger partial charge in [0.2, 0.25) is 12.9 Å². The third kappa shape index (κ3) is 3.25. The van der Waals surface area contributed by atoms with E-state index in [0.717, 1.165) is 10.0 Å². The molecule has 2 aromatic carbocycles. The van der Waals surface area contributed by atoms with E-state index in [-0.39, 0.29) is 19.3 Å². The SMILES string of the molecule is O=C(N/N=C\c1cc2c(cc1Br)OCO2)[C@@H]1COc2ccccc2O1. The molecule has 0 unspecified atom stereocenters. The molecule has 1 atom stereocenters. The normalized spacial score (nSPS) is 17.6. The van der Waals surface area contributed by atoms with Crippen molar-refractivity contribution < 1.29 is 23.7 Å². The Bertz CT molecular complexity index is 855. The van der Waals surface area contributed by atoms with Gasteiger partial charge in [0, 0.05) is 10.0 Å². The highest BCUT2D eigenvalue weighted by Crippen LogP contribution is 2.36. The van der Waals surface area contributed by atoms with E-state index in [0.29, 0.717) is 23.0 Å². The molecular formula is C17H13BrN2O5. The van der Waals surface area contributed by atoms with Crippen LogP contribution in [0.4, 0.5) is 0 Å². The summed E-state index contributed by atoms with van der Waals surface area (Å²) in [6.45, 7) is 0.325. The number of ether oxygens (including phenoxy) is 4. The lowest BCUT2D eigenvalue weighted by atomic mass is 10.2. The summed E-state index contributed by atoms with van der Waals surface area (Å²) in [5.41, 5.74) is 3.21. The molecule has 0 bridgehead atoms. The van der Waals surface area contributed by atoms with E-state index in [2.05, 4.69) is 26.5 Å². The first-order chi connectivity index (χ1) is 12.2. The van der Waals surface area contributed by atoms with Crippen LogP contribution in [0.15, 0.2) is 46.0 Å². The first kappa shape index (κ1) is 15.8. The highest BCUT2D eigenvalue weighted by atomic mass is 79.9. The van der Waals surface area contributed by atoms with Crippen molar-refractivity contribution >= 4 is 28.1 Å². The molecule has 2 aliphatic heterocycles. The van der Waals surface area contributed by atoms with Gasteiger partial charge >= 0.3 is 0 Å². The standard InChI is InChI=1S/C17H13BrN2O5/c18-11-6-15-14(23-9-24-15)5-10(11)7-19-20-17(21)16-8-22-12-3-1-2-4-13(12)25-16/h1-7,16H,8-9H2,(H,20,21)/b19-7-/t16-/m0/s1. The summed E-state index contributed by atoms with van der Waals surface area (Å²) in [5, 5.41) is 3.97. The highest BCUT2D eigenvalue weighted by molar-refractivity contribution is 9.10. The lowest BCUT2D eigenvalue weighted by Gasteiger charge is -2.24. The van der Waals surface area contributed by atoms with Crippen molar-refractivity contribution in [1.82, 2.24) is 5.43 Å². The molecule has 0 spiro atoms. The number of hydrogen-bond donors (Lipinski definition) is 1. The van der Waals surface area contributed by atoms with Crippen molar-refractivity contribution in [2.45, 2.75) is 6.10 Å². The molecule has 2 aliphatic rings. The average Bonchev–Trinajstić information content (AvgIpc) is 3.08. The lowest BCUT2D eigenvalue weighted by molar-refractivity contribution is -0.130. The maximum atomic E-state index is 12.2. The Labute approximate surface area is 151 Å². The van der Waals surface area contributed by atoms with Gasteiger partial charge in [0.05, 0.1) is 6.21 Å². The first-order valence-corrected chi connectivity index (χ1v) is 8.30. The van der Waals surface area contributed by atoms with Crippen LogP contribution in [0.25, 0.3) is 0 Å². The van der Waals surface area contributed by atoms with Crippen LogP contribution in [0, 0.1) is 0 Å². The zero-order valence-electron chi connectivity index (χ0n) is 12.9. The van der Waals surface area contributed by atoms with Gasteiger partial charge < -0.3 is 18.9 Å². The zero-order chi connectivity index (χ0) is 17.2. The Balaban J connectivity index is 1.40. The molecule has 2 aromatic rings. The van der Waals surface area contributed by atoms with Crippen LogP contribution in [0.3, 0.4) is 0 Å². The van der Waals surface area contributed by atoms with Crippen LogP contribution < -0.4 is 24.4 Å². The fourth-order valence-corrected chi connectivity index (χ4v) is 2.84. The van der Waals surface area contributed by atoms with E-state index in [9.17, 15) is 4.79 Å². The molecular weight excluding hydrogens is 392 g/mol. The van der Waals surface area contributed by atoms with Gasteiger partial charge in [-0.1, -0.05) is 12.1 Å². The fourth-order valence-electron chi connectivity index (χ4n) is 2.42. The number of benzene rings is 2. The van der Waals surface area contributed by atoms with Crippen molar-refractivity contribution in [3.63, 3.8) is 0 Å². The van der Waals surface area contributed by atoms with Crippen LogP contribution in [-0.2, 0) is 4.79 Å². The lowest BCUT2D eigenvalue weighted by Crippen LogP contribution is -2.42. The molecule has 7 nitrogen and oxygen atoms in total. The first-order valence-electron chi connectivity index (χ1n) is 7.51. The van der Waals surface area contributed by atoms with Crippen molar-refractivity contribution in [3.05, 3.63) is 46.4 Å². The number of para-hydroxylation sites is 2. The largest absolute Gasteiger partial charge is 0.485 e. The maximum Gasteiger partial charge on any atom is 0.284 e. The number of carbonyl (C=O) groups is 1. The number of hydrogen-bond acceptors (Lipinski definition) is 6. The second-order valence-electron chi connectivity index (χ2n) is 5.33. The smallest absolute Gasteiger partial charge is 0.284 e. The Morgan fingerprint density at radius 2 is 1.88 bits per heavy atom. The second kappa shape index (κ2) is 6.64. The van der Waals surface area contributed by atoms with E-state index in [4.69, 9.17) is 18.9 Å². The topological polar surface area (TPSA) is 78.4 Å². The van der Waals surface area contributed by atoms with Crippen molar-refractivity contribution in [2.24, 2.45) is 5.10 Å². The summed E-state index contributed by atoms with van der Waals surface area (Å²) >= 11 is 3.43. The van der Waals surface area contributed by atoms with E-state index in [1.165, 1.54) is 6.21 Å². The Morgan fingerprint density at radius 3 is 2.72 bits per heavy atom. The second-order valence-corrected chi connectivity index (χ2v) is 6.18. The Hall–Kier alpha value is -2.74. The minimum atomic E-state index is -0.757. The third-order valence-electron chi connectivity index (χ3n) is 3.67. The molecule has 0 radical (unpaired) electrons. The van der Waals surface area contributed by atoms with E-state index < -0.39 is 6.10 Å². The van der Waals surface area contributed by atoms with Crippen molar-refractivity contribution in [1.29, 1.82) is 0 Å². The Morgan fingerprint density at radius 1 is 1.12 bits per heavy atom. The number of carbonyl (C=O) groups excluding carboxylic acids is 1. The number of rotatable bonds is 3. The Kier molecular flexibility index (Phi) is 4.19. The zero-order valence-corrected chi connectivity index (χ0v) is 14.5. The molecule has 4 rings (SSSR count). The maximum absolute atomic E-state index is 12.2. The van der Waals surface area contributed by atoms with E-state index in [1.54, 1.807) is 24.3 Å². The monoisotopic (exact) mass is 404 g/mol. The molecule has 8 heteroatoms. The van der Waals surface area contributed by atoms with Gasteiger partial charge in [0.15, 0.2) is 23.0 Å². The quantitative estimate of drug-likeness (QED) is 0.627. The molecule has 0 fully saturated rings. The van der Waals surface area contributed by atoms with Gasteiger partial charge in [-0.05, 0) is 40.2 Å². The number of hydrazone groups is 1. The molecule has 2 heterocycles. The predicted molar refractivity (Wildman–Crippen MR) is 92.4 cm³/mol. The molecule has 0 aromatic heterocycles. The number of nitrogens with one attached hydrogen (secondary N) is 1. The van der Waals surface area contributed by atoms with Crippen LogP contribution in [-0.4, -0.2) is 31.6 Å². The van der Waals surface area contributed by atoms with Crippen molar-refractivity contribution in [3.8, 4) is 23.0 Å². The van der Waals surface area contributed by atoms with Gasteiger partial charge in [0.1, 0.15) is 6.61 Å². The van der Waals surface area contributed by atoms with Crippen LogP contribution in [0.1, 0.15) is 5.56 Å². The average molecular weight is 405 g/mol. The minimum Gasteiger partial charge on any atom is -0.485 e. The van der Waals surface area contributed by atoms with Gasteiger partial charge in [-0.15, -0.1) is 0 Å². The van der Waals surface area contributed by atoms with Crippen LogP contribution >= 0.6 is 15.9 Å². The molecule has 1 N–H and O–H groups in total. The predicted octanol–water partition coefficient (Wildman–Crippen LogP) is 2.47. The summed E-state index contributed by atoms with van der Waals surface area (Å²) in [7, 11) is 0. The van der Waals surface area contributed by atoms with E-state index >= 15 is 0 Å². The number of amides is 1. The summed E-state index contributed by atoms with van der Waals surface area (Å²) in [5.74, 6) is 2.08. The highest BCUT2D eigenvalue weighted by Gasteiger charge is 2.27. The molecule has 0 saturated heterocycles. The molecule has 25 heavy (non-hydrogen) atoms. The van der Waals surface area contributed by atoms with Gasteiger partial charge in [-0.25, -0.2) is 5.43 Å². The number of fused-ring (bicyclic) bond motifs is 2. The molecule has 0 aliphatic carbocycles. The summed E-state index contributed by atoms with van der Waals surface area (Å²) in [6, 6.07) is 10.8. The van der Waals surface area contributed by atoms with Crippen LogP contribution in [0.5, 0.6) is 23.0 Å². The van der Waals surface area contributed by atoms with Gasteiger partial charge in [-0.3, -0.25) is 4.79 Å². The molecule has 128 valence electrons. The fraction of sp³-hybridized carbons (Fsp3) is 0.176. The van der Waals surface area contributed by atoms with Gasteiger partial charge in [-0.2, -0.15) is 5.10 Å².